The van der Waals surface area contributed by atoms with Gasteiger partial charge in [0.2, 0.25) is 0 Å². The van der Waals surface area contributed by atoms with Crippen LogP contribution in [0, 0.1) is 5.92 Å². The molecule has 4 rings (SSSR count). The molecule has 3 aromatic rings. The Hall–Kier alpha value is -2.67. The Morgan fingerprint density at radius 1 is 1.20 bits per heavy atom. The molecule has 1 saturated carbocycles. The second kappa shape index (κ2) is 8.22. The predicted octanol–water partition coefficient (Wildman–Crippen LogP) is 4.04. The molecule has 30 heavy (non-hydrogen) atoms. The molecule has 1 atom stereocenters. The normalized spacial score (nSPS) is 16.1. The van der Waals surface area contributed by atoms with E-state index in [1.165, 1.54) is 31.9 Å². The van der Waals surface area contributed by atoms with Crippen LogP contribution in [-0.2, 0) is 9.84 Å². The third-order valence-corrected chi connectivity index (χ3v) is 7.24. The van der Waals surface area contributed by atoms with Crippen LogP contribution < -0.4 is 5.32 Å². The van der Waals surface area contributed by atoms with E-state index in [1.54, 1.807) is 25.4 Å². The van der Waals surface area contributed by atoms with Crippen molar-refractivity contribution in [2.45, 2.75) is 42.9 Å². The number of rotatable bonds is 6. The third-order valence-electron chi connectivity index (χ3n) is 6.11. The van der Waals surface area contributed by atoms with Gasteiger partial charge in [-0.3, -0.25) is 4.79 Å². The monoisotopic (exact) mass is 425 g/mol. The fourth-order valence-electron chi connectivity index (χ4n) is 4.46. The van der Waals surface area contributed by atoms with Crippen LogP contribution in [-0.4, -0.2) is 37.6 Å². The lowest BCUT2D eigenvalue weighted by molar-refractivity contribution is 0.0963. The average molecular weight is 426 g/mol. The third kappa shape index (κ3) is 4.26. The van der Waals surface area contributed by atoms with Gasteiger partial charge in [0.1, 0.15) is 5.65 Å². The van der Waals surface area contributed by atoms with Gasteiger partial charge in [0.25, 0.3) is 5.91 Å². The van der Waals surface area contributed by atoms with Crippen molar-refractivity contribution in [2.75, 3.05) is 13.3 Å². The molecule has 2 aromatic heterocycles. The van der Waals surface area contributed by atoms with Gasteiger partial charge in [-0.25, -0.2) is 13.4 Å². The van der Waals surface area contributed by atoms with E-state index in [0.29, 0.717) is 16.4 Å². The number of pyridine rings is 1. The number of nitrogens with zero attached hydrogens (tertiary/aromatic N) is 1. The molecule has 0 unspecified atom stereocenters. The fraction of sp³-hybridized carbons (Fsp3) is 0.391. The molecule has 0 bridgehead atoms. The summed E-state index contributed by atoms with van der Waals surface area (Å²) < 4.78 is 23.7. The van der Waals surface area contributed by atoms with Crippen LogP contribution in [0.25, 0.3) is 11.0 Å². The van der Waals surface area contributed by atoms with Crippen molar-refractivity contribution in [3.8, 4) is 0 Å². The highest BCUT2D eigenvalue weighted by Gasteiger charge is 2.24. The number of H-pyrrole nitrogens is 1. The van der Waals surface area contributed by atoms with Gasteiger partial charge in [-0.05, 0) is 42.2 Å². The van der Waals surface area contributed by atoms with Crippen LogP contribution in [0.1, 0.15) is 59.6 Å². The van der Waals surface area contributed by atoms with Crippen molar-refractivity contribution in [1.29, 1.82) is 0 Å². The first-order valence-electron chi connectivity index (χ1n) is 10.4. The van der Waals surface area contributed by atoms with E-state index in [2.05, 4.69) is 21.4 Å². The average Bonchev–Trinajstić information content (AvgIpc) is 3.39. The van der Waals surface area contributed by atoms with E-state index in [-0.39, 0.29) is 11.8 Å². The number of hydrogen-bond donors (Lipinski definition) is 2. The Bertz CT molecular complexity index is 1160. The minimum Gasteiger partial charge on any atom is -0.355 e. The zero-order valence-corrected chi connectivity index (χ0v) is 18.1. The largest absolute Gasteiger partial charge is 0.355 e. The maximum absolute atomic E-state index is 12.0. The van der Waals surface area contributed by atoms with Crippen molar-refractivity contribution in [3.63, 3.8) is 0 Å². The summed E-state index contributed by atoms with van der Waals surface area (Å²) in [6, 6.07) is 11.1. The SMILES string of the molecule is CNC(=O)c1cnc2[nH]c([C@H](CC3CCCC3)c3ccc(S(C)(=O)=O)cc3)cc2c1. The maximum Gasteiger partial charge on any atom is 0.252 e. The number of carbonyl (C=O) groups excluding carboxylic acids is 1. The van der Waals surface area contributed by atoms with Crippen molar-refractivity contribution in [2.24, 2.45) is 5.92 Å². The van der Waals surface area contributed by atoms with Gasteiger partial charge >= 0.3 is 0 Å². The smallest absolute Gasteiger partial charge is 0.252 e. The molecular formula is C23H27N3O3S. The molecule has 1 amide bonds. The first kappa shape index (κ1) is 20.6. The van der Waals surface area contributed by atoms with E-state index in [1.807, 2.05) is 18.2 Å². The minimum atomic E-state index is -3.22. The van der Waals surface area contributed by atoms with Gasteiger partial charge in [0.15, 0.2) is 9.84 Å². The molecule has 2 heterocycles. The molecule has 1 aromatic carbocycles. The molecule has 0 spiro atoms. The van der Waals surface area contributed by atoms with Crippen molar-refractivity contribution in [1.82, 2.24) is 15.3 Å². The molecule has 2 N–H and O–H groups in total. The standard InChI is InChI=1S/C23H27N3O3S/c1-24-23(27)18-12-17-13-21(26-22(17)25-14-18)20(11-15-5-3-4-6-15)16-7-9-19(10-8-16)30(2,28)29/h7-10,12-15,20H,3-6,11H2,1-2H3,(H,24,27)(H,25,26)/t20-/m1/s1. The summed E-state index contributed by atoms with van der Waals surface area (Å²) in [4.78, 5) is 20.2. The molecule has 158 valence electrons. The second-order valence-corrected chi connectivity index (χ2v) is 10.3. The van der Waals surface area contributed by atoms with Crippen LogP contribution >= 0.6 is 0 Å². The Morgan fingerprint density at radius 2 is 1.90 bits per heavy atom. The minimum absolute atomic E-state index is 0.124. The van der Waals surface area contributed by atoms with Gasteiger partial charge in [-0.1, -0.05) is 37.8 Å². The molecule has 0 radical (unpaired) electrons. The van der Waals surface area contributed by atoms with Crippen molar-refractivity contribution in [3.05, 3.63) is 59.4 Å². The zero-order chi connectivity index (χ0) is 21.3. The first-order valence-corrected chi connectivity index (χ1v) is 12.2. The number of fused-ring (bicyclic) bond motifs is 1. The van der Waals surface area contributed by atoms with Gasteiger partial charge in [-0.15, -0.1) is 0 Å². The lowest BCUT2D eigenvalue weighted by Crippen LogP contribution is -2.17. The molecule has 1 aliphatic carbocycles. The predicted molar refractivity (Wildman–Crippen MR) is 117 cm³/mol. The summed E-state index contributed by atoms with van der Waals surface area (Å²) in [5.41, 5.74) is 3.42. The summed E-state index contributed by atoms with van der Waals surface area (Å²) in [5.74, 6) is 0.621. The fourth-order valence-corrected chi connectivity index (χ4v) is 5.09. The van der Waals surface area contributed by atoms with Crippen LogP contribution in [0.3, 0.4) is 0 Å². The van der Waals surface area contributed by atoms with Gasteiger partial charge in [0, 0.05) is 36.5 Å². The highest BCUT2D eigenvalue weighted by atomic mass is 32.2. The first-order chi connectivity index (χ1) is 14.3. The van der Waals surface area contributed by atoms with Crippen LogP contribution in [0.5, 0.6) is 0 Å². The van der Waals surface area contributed by atoms with Crippen LogP contribution in [0.15, 0.2) is 47.5 Å². The number of hydrogen-bond acceptors (Lipinski definition) is 4. The number of aromatic amines is 1. The molecule has 7 heteroatoms. The van der Waals surface area contributed by atoms with Gasteiger partial charge in [-0.2, -0.15) is 0 Å². The highest BCUT2D eigenvalue weighted by Crippen LogP contribution is 2.38. The Kier molecular flexibility index (Phi) is 5.64. The zero-order valence-electron chi connectivity index (χ0n) is 17.3. The summed E-state index contributed by atoms with van der Waals surface area (Å²) in [6.45, 7) is 0. The Balaban J connectivity index is 1.72. The van der Waals surface area contributed by atoms with Crippen LogP contribution in [0.4, 0.5) is 0 Å². The summed E-state index contributed by atoms with van der Waals surface area (Å²) in [6.07, 6.45) is 8.82. The maximum atomic E-state index is 12.0. The Morgan fingerprint density at radius 3 is 2.53 bits per heavy atom. The van der Waals surface area contributed by atoms with Crippen molar-refractivity contribution < 1.29 is 13.2 Å². The van der Waals surface area contributed by atoms with Gasteiger partial charge in [0.05, 0.1) is 10.5 Å². The molecular weight excluding hydrogens is 398 g/mol. The topological polar surface area (TPSA) is 91.9 Å². The second-order valence-electron chi connectivity index (χ2n) is 8.25. The Labute approximate surface area is 177 Å². The molecule has 0 saturated heterocycles. The number of benzene rings is 1. The summed E-state index contributed by atoms with van der Waals surface area (Å²) >= 11 is 0. The number of aromatic nitrogens is 2. The molecule has 0 aliphatic heterocycles. The quantitative estimate of drug-likeness (QED) is 0.623. The number of nitrogens with one attached hydrogen (secondary N) is 2. The molecule has 1 aliphatic rings. The van der Waals surface area contributed by atoms with Gasteiger partial charge < -0.3 is 10.3 Å². The summed E-state index contributed by atoms with van der Waals surface area (Å²) in [5, 5.41) is 3.53. The lowest BCUT2D eigenvalue weighted by atomic mass is 9.85. The van der Waals surface area contributed by atoms with E-state index in [0.717, 1.165) is 28.7 Å². The summed E-state index contributed by atoms with van der Waals surface area (Å²) in [7, 11) is -1.62. The number of carbonyl (C=O) groups is 1. The van der Waals surface area contributed by atoms with E-state index in [4.69, 9.17) is 0 Å². The van der Waals surface area contributed by atoms with E-state index >= 15 is 0 Å². The lowest BCUT2D eigenvalue weighted by Gasteiger charge is -2.20. The molecule has 6 nitrogen and oxygen atoms in total. The highest BCUT2D eigenvalue weighted by molar-refractivity contribution is 7.90. The van der Waals surface area contributed by atoms with Crippen molar-refractivity contribution >= 4 is 26.8 Å². The molecule has 1 fully saturated rings. The van der Waals surface area contributed by atoms with E-state index in [9.17, 15) is 13.2 Å². The number of sulfone groups is 1. The van der Waals surface area contributed by atoms with E-state index < -0.39 is 9.84 Å². The number of amides is 1. The van der Waals surface area contributed by atoms with Crippen LogP contribution in [0.2, 0.25) is 0 Å².